The summed E-state index contributed by atoms with van der Waals surface area (Å²) in [6, 6.07) is 3.65. The second-order valence-electron chi connectivity index (χ2n) is 7.78. The van der Waals surface area contributed by atoms with Gasteiger partial charge in [0.2, 0.25) is 4.90 Å². The van der Waals surface area contributed by atoms with Gasteiger partial charge in [-0.1, -0.05) is 0 Å². The SMILES string of the molecule is CO[S+](=O)(Nc1c(C)nn(C)c1C)c1ccc(NCCC2CCN(C)CC2)nc1. The van der Waals surface area contributed by atoms with Crippen molar-refractivity contribution in [3.8, 4) is 0 Å². The van der Waals surface area contributed by atoms with Crippen LogP contribution in [0.25, 0.3) is 0 Å². The predicted molar refractivity (Wildman–Crippen MR) is 117 cm³/mol. The molecule has 0 saturated carbocycles. The molecule has 8 nitrogen and oxygen atoms in total. The van der Waals surface area contributed by atoms with Gasteiger partial charge in [0.15, 0.2) is 0 Å². The summed E-state index contributed by atoms with van der Waals surface area (Å²) in [5, 5.41) is 7.74. The van der Waals surface area contributed by atoms with Crippen LogP contribution in [0.1, 0.15) is 30.7 Å². The Hall–Kier alpha value is -1.97. The molecule has 1 saturated heterocycles. The molecule has 1 atom stereocenters. The van der Waals surface area contributed by atoms with Gasteiger partial charge in [0, 0.05) is 19.7 Å². The van der Waals surface area contributed by atoms with E-state index in [4.69, 9.17) is 4.18 Å². The van der Waals surface area contributed by atoms with Crippen molar-refractivity contribution in [1.29, 1.82) is 0 Å². The maximum absolute atomic E-state index is 13.4. The van der Waals surface area contributed by atoms with Crippen molar-refractivity contribution in [1.82, 2.24) is 19.7 Å². The topological polar surface area (TPSA) is 84.3 Å². The number of anilines is 2. The highest BCUT2D eigenvalue weighted by atomic mass is 32.3. The van der Waals surface area contributed by atoms with Gasteiger partial charge in [0.25, 0.3) is 0 Å². The summed E-state index contributed by atoms with van der Waals surface area (Å²) >= 11 is 0. The zero-order valence-electron chi connectivity index (χ0n) is 18.1. The Morgan fingerprint density at radius 2 is 1.97 bits per heavy atom. The molecule has 0 amide bonds. The van der Waals surface area contributed by atoms with Gasteiger partial charge in [-0.2, -0.15) is 9.82 Å². The van der Waals surface area contributed by atoms with Crippen molar-refractivity contribution in [3.05, 3.63) is 29.7 Å². The minimum absolute atomic E-state index is 0.503. The Kier molecular flexibility index (Phi) is 6.92. The second-order valence-corrected chi connectivity index (χ2v) is 9.80. The normalized spacial score (nSPS) is 17.8. The molecule has 0 bridgehead atoms. The van der Waals surface area contributed by atoms with E-state index >= 15 is 0 Å². The molecule has 2 aromatic heterocycles. The molecule has 2 aromatic rings. The molecule has 1 aliphatic rings. The minimum Gasteiger partial charge on any atom is -0.370 e. The van der Waals surface area contributed by atoms with Crippen LogP contribution in [0.2, 0.25) is 0 Å². The van der Waals surface area contributed by atoms with E-state index in [-0.39, 0.29) is 0 Å². The van der Waals surface area contributed by atoms with E-state index in [1.807, 2.05) is 27.0 Å². The van der Waals surface area contributed by atoms with Crippen LogP contribution in [0.4, 0.5) is 11.5 Å². The third-order valence-corrected chi connectivity index (χ3v) is 7.53. The van der Waals surface area contributed by atoms with Crippen molar-refractivity contribution in [2.75, 3.05) is 43.8 Å². The lowest BCUT2D eigenvalue weighted by Crippen LogP contribution is -2.30. The number of aromatic nitrogens is 3. The fourth-order valence-electron chi connectivity index (χ4n) is 3.65. The van der Waals surface area contributed by atoms with E-state index in [2.05, 4.69) is 32.1 Å². The lowest BCUT2D eigenvalue weighted by atomic mass is 9.94. The molecule has 3 rings (SSSR count). The molecular formula is C20H33N6O2S+. The lowest BCUT2D eigenvalue weighted by molar-refractivity contribution is 0.215. The summed E-state index contributed by atoms with van der Waals surface area (Å²) in [5.41, 5.74) is 2.39. The minimum atomic E-state index is -2.95. The number of likely N-dealkylation sites (tertiary alicyclic amines) is 1. The molecule has 3 heterocycles. The maximum Gasteiger partial charge on any atom is 0.350 e. The molecule has 0 spiro atoms. The number of pyridine rings is 1. The highest BCUT2D eigenvalue weighted by Gasteiger charge is 2.35. The van der Waals surface area contributed by atoms with E-state index in [0.717, 1.165) is 41.8 Å². The quantitative estimate of drug-likeness (QED) is 0.638. The number of hydrogen-bond donors (Lipinski definition) is 2. The molecule has 9 heteroatoms. The number of hydrogen-bond acceptors (Lipinski definition) is 6. The van der Waals surface area contributed by atoms with E-state index in [0.29, 0.717) is 4.90 Å². The smallest absolute Gasteiger partial charge is 0.350 e. The molecule has 0 radical (unpaired) electrons. The van der Waals surface area contributed by atoms with E-state index in [1.54, 1.807) is 16.9 Å². The molecule has 0 aliphatic carbocycles. The Labute approximate surface area is 174 Å². The molecule has 29 heavy (non-hydrogen) atoms. The Balaban J connectivity index is 1.60. The Morgan fingerprint density at radius 3 is 2.52 bits per heavy atom. The maximum atomic E-state index is 13.4. The summed E-state index contributed by atoms with van der Waals surface area (Å²) in [6.07, 6.45) is 5.28. The number of rotatable bonds is 8. The zero-order chi connectivity index (χ0) is 21.0. The van der Waals surface area contributed by atoms with Crippen LogP contribution in [0.15, 0.2) is 23.2 Å². The van der Waals surface area contributed by atoms with Gasteiger partial charge < -0.3 is 10.2 Å². The molecule has 0 aromatic carbocycles. The van der Waals surface area contributed by atoms with Crippen molar-refractivity contribution >= 4 is 21.9 Å². The van der Waals surface area contributed by atoms with Gasteiger partial charge >= 0.3 is 10.4 Å². The third-order valence-electron chi connectivity index (χ3n) is 5.72. The molecule has 1 unspecified atom stereocenters. The van der Waals surface area contributed by atoms with Gasteiger partial charge in [-0.15, -0.1) is 4.18 Å². The molecular weight excluding hydrogens is 388 g/mol. The highest BCUT2D eigenvalue weighted by Crippen LogP contribution is 2.28. The fourth-order valence-corrected chi connectivity index (χ4v) is 5.05. The van der Waals surface area contributed by atoms with Crippen LogP contribution in [-0.4, -0.2) is 53.5 Å². The fraction of sp³-hybridized carbons (Fsp3) is 0.600. The van der Waals surface area contributed by atoms with Gasteiger partial charge in [0.1, 0.15) is 11.5 Å². The van der Waals surface area contributed by atoms with Crippen molar-refractivity contribution in [3.63, 3.8) is 0 Å². The first-order chi connectivity index (χ1) is 13.8. The van der Waals surface area contributed by atoms with E-state index in [9.17, 15) is 4.21 Å². The molecule has 1 fully saturated rings. The largest absolute Gasteiger partial charge is 0.370 e. The molecule has 1 aliphatic heterocycles. The second kappa shape index (κ2) is 9.23. The first kappa shape index (κ1) is 21.7. The van der Waals surface area contributed by atoms with Crippen LogP contribution < -0.4 is 10.0 Å². The standard InChI is InChI=1S/C20H33N6O2S/c1-15-20(16(2)26(4)23-15)24-29(27,28-5)18-6-7-19(22-14-18)21-11-8-17-9-12-25(3)13-10-17/h6-7,14,17H,8-13H2,1-5H3,(H,21,22)(H,24,27)/q+1. The van der Waals surface area contributed by atoms with Gasteiger partial charge in [-0.3, -0.25) is 4.68 Å². The van der Waals surface area contributed by atoms with E-state index in [1.165, 1.54) is 33.0 Å². The number of nitrogens with one attached hydrogen (secondary N) is 2. The van der Waals surface area contributed by atoms with E-state index < -0.39 is 10.4 Å². The Bertz CT molecular complexity index is 859. The van der Waals surface area contributed by atoms with Crippen LogP contribution >= 0.6 is 0 Å². The summed E-state index contributed by atoms with van der Waals surface area (Å²) in [6.45, 7) is 7.07. The first-order valence-corrected chi connectivity index (χ1v) is 11.6. The van der Waals surface area contributed by atoms with Gasteiger partial charge in [-0.25, -0.2) is 4.98 Å². The molecule has 2 N–H and O–H groups in total. The van der Waals surface area contributed by atoms with Crippen LogP contribution in [0.3, 0.4) is 0 Å². The Morgan fingerprint density at radius 1 is 1.24 bits per heavy atom. The number of aryl methyl sites for hydroxylation is 2. The first-order valence-electron chi connectivity index (χ1n) is 10.1. The summed E-state index contributed by atoms with van der Waals surface area (Å²) in [7, 11) is 2.53. The highest BCUT2D eigenvalue weighted by molar-refractivity contribution is 7.99. The lowest BCUT2D eigenvalue weighted by Gasteiger charge is -2.28. The summed E-state index contributed by atoms with van der Waals surface area (Å²) in [5.74, 6) is 1.56. The predicted octanol–water partition coefficient (Wildman–Crippen LogP) is 3.02. The van der Waals surface area contributed by atoms with Crippen molar-refractivity contribution < 1.29 is 8.39 Å². The van der Waals surface area contributed by atoms with Gasteiger partial charge in [-0.05, 0) is 69.4 Å². The van der Waals surface area contributed by atoms with Crippen molar-refractivity contribution in [2.24, 2.45) is 13.0 Å². The van der Waals surface area contributed by atoms with Crippen LogP contribution in [0, 0.1) is 19.8 Å². The van der Waals surface area contributed by atoms with Crippen molar-refractivity contribution in [2.45, 2.75) is 38.0 Å². The zero-order valence-corrected chi connectivity index (χ0v) is 18.9. The number of nitrogens with zero attached hydrogens (tertiary/aromatic N) is 4. The monoisotopic (exact) mass is 421 g/mol. The average Bonchev–Trinajstić information content (AvgIpc) is 2.96. The third kappa shape index (κ3) is 5.15. The summed E-state index contributed by atoms with van der Waals surface area (Å²) < 4.78 is 23.5. The number of piperidine rings is 1. The summed E-state index contributed by atoms with van der Waals surface area (Å²) in [4.78, 5) is 7.33. The van der Waals surface area contributed by atoms with Crippen LogP contribution in [0.5, 0.6) is 0 Å². The average molecular weight is 422 g/mol. The van der Waals surface area contributed by atoms with Gasteiger partial charge in [0.05, 0.1) is 24.7 Å². The molecule has 160 valence electrons. The van der Waals surface area contributed by atoms with Crippen LogP contribution in [-0.2, 0) is 25.8 Å².